The molecule has 1 rings (SSSR count). The van der Waals surface area contributed by atoms with Gasteiger partial charge < -0.3 is 5.73 Å². The van der Waals surface area contributed by atoms with E-state index >= 15 is 0 Å². The van der Waals surface area contributed by atoms with E-state index < -0.39 is 0 Å². The van der Waals surface area contributed by atoms with Crippen molar-refractivity contribution in [1.82, 2.24) is 14.8 Å². The summed E-state index contributed by atoms with van der Waals surface area (Å²) < 4.78 is 1.37. The molecule has 4 N–H and O–H groups in total. The molecule has 6 nitrogen and oxygen atoms in total. The van der Waals surface area contributed by atoms with Gasteiger partial charge in [0.2, 0.25) is 0 Å². The van der Waals surface area contributed by atoms with E-state index in [1.54, 1.807) is 7.05 Å². The van der Waals surface area contributed by atoms with E-state index in [2.05, 4.69) is 10.2 Å². The molecule has 1 aromatic rings. The van der Waals surface area contributed by atoms with Gasteiger partial charge in [-0.25, -0.2) is 9.89 Å². The van der Waals surface area contributed by atoms with Crippen LogP contribution in [-0.2, 0) is 7.05 Å². The normalized spacial score (nSPS) is 10.1. The molecular weight excluding hydrogens is 178 g/mol. The number of nitrogens with two attached hydrogens (primary N) is 1. The standard InChI is InChI=1S/C5H9N5OS/c1-10-4(11)8-9-5(10)12-2-3(6)7/h2H2,1H3,(H3,6,7)(H,8,11). The van der Waals surface area contributed by atoms with Crippen molar-refractivity contribution in [3.8, 4) is 0 Å². The number of nitrogens with zero attached hydrogens (tertiary/aromatic N) is 2. The lowest BCUT2D eigenvalue weighted by atomic mass is 10.7. The van der Waals surface area contributed by atoms with E-state index in [1.807, 2.05) is 0 Å². The molecule has 0 saturated heterocycles. The largest absolute Gasteiger partial charge is 0.387 e. The van der Waals surface area contributed by atoms with Gasteiger partial charge in [-0.15, -0.1) is 5.10 Å². The monoisotopic (exact) mass is 187 g/mol. The van der Waals surface area contributed by atoms with Crippen molar-refractivity contribution in [2.45, 2.75) is 5.16 Å². The molecule has 0 amide bonds. The molecule has 0 atom stereocenters. The van der Waals surface area contributed by atoms with Crippen LogP contribution in [0.3, 0.4) is 0 Å². The Morgan fingerprint density at radius 2 is 2.58 bits per heavy atom. The van der Waals surface area contributed by atoms with E-state index in [-0.39, 0.29) is 11.5 Å². The minimum Gasteiger partial charge on any atom is -0.387 e. The van der Waals surface area contributed by atoms with E-state index in [0.717, 1.165) is 0 Å². The molecule has 0 fully saturated rings. The van der Waals surface area contributed by atoms with Crippen molar-refractivity contribution < 1.29 is 0 Å². The van der Waals surface area contributed by atoms with Gasteiger partial charge in [0.25, 0.3) is 0 Å². The molecule has 0 radical (unpaired) electrons. The summed E-state index contributed by atoms with van der Waals surface area (Å²) in [5.74, 6) is 0.411. The third-order valence-electron chi connectivity index (χ3n) is 1.20. The molecule has 0 aliphatic rings. The number of rotatable bonds is 3. The topological polar surface area (TPSA) is 101 Å². The molecule has 0 spiro atoms. The fourth-order valence-corrected chi connectivity index (χ4v) is 1.28. The van der Waals surface area contributed by atoms with Crippen LogP contribution < -0.4 is 11.4 Å². The quantitative estimate of drug-likeness (QED) is 0.325. The molecule has 0 bridgehead atoms. The van der Waals surface area contributed by atoms with E-state index in [9.17, 15) is 4.79 Å². The number of hydrogen-bond donors (Lipinski definition) is 3. The van der Waals surface area contributed by atoms with Gasteiger partial charge in [-0.05, 0) is 0 Å². The van der Waals surface area contributed by atoms with Crippen LogP contribution in [0.2, 0.25) is 0 Å². The maximum atomic E-state index is 10.8. The second-order valence-corrected chi connectivity index (χ2v) is 3.13. The van der Waals surface area contributed by atoms with Crippen LogP contribution in [0, 0.1) is 5.41 Å². The Hall–Kier alpha value is -1.24. The Labute approximate surface area is 72.7 Å². The smallest absolute Gasteiger partial charge is 0.343 e. The second-order valence-electron chi connectivity index (χ2n) is 2.18. The van der Waals surface area contributed by atoms with E-state index in [4.69, 9.17) is 11.1 Å². The number of H-pyrrole nitrogens is 1. The first-order valence-electron chi connectivity index (χ1n) is 3.18. The maximum Gasteiger partial charge on any atom is 0.343 e. The Kier molecular flexibility index (Phi) is 2.54. The van der Waals surface area contributed by atoms with Crippen LogP contribution in [0.5, 0.6) is 0 Å². The van der Waals surface area contributed by atoms with E-state index in [0.29, 0.717) is 10.9 Å². The summed E-state index contributed by atoms with van der Waals surface area (Å²) in [4.78, 5) is 10.8. The van der Waals surface area contributed by atoms with Crippen LogP contribution in [-0.4, -0.2) is 26.4 Å². The number of hydrogen-bond acceptors (Lipinski definition) is 4. The van der Waals surface area contributed by atoms with Gasteiger partial charge in [-0.1, -0.05) is 11.8 Å². The van der Waals surface area contributed by atoms with Crippen molar-refractivity contribution in [3.63, 3.8) is 0 Å². The van der Waals surface area contributed by atoms with Gasteiger partial charge in [-0.2, -0.15) is 0 Å². The molecule has 0 unspecified atom stereocenters. The number of nitrogens with one attached hydrogen (secondary N) is 2. The first-order valence-corrected chi connectivity index (χ1v) is 4.17. The highest BCUT2D eigenvalue weighted by molar-refractivity contribution is 7.99. The summed E-state index contributed by atoms with van der Waals surface area (Å²) >= 11 is 1.25. The summed E-state index contributed by atoms with van der Waals surface area (Å²) in [5, 5.41) is 13.5. The van der Waals surface area contributed by atoms with E-state index in [1.165, 1.54) is 16.3 Å². The predicted octanol–water partition coefficient (Wildman–Crippen LogP) is -0.864. The average molecular weight is 187 g/mol. The van der Waals surface area contributed by atoms with Gasteiger partial charge in [0.05, 0.1) is 5.75 Å². The summed E-state index contributed by atoms with van der Waals surface area (Å²) in [5.41, 5.74) is 4.87. The molecule has 0 aromatic carbocycles. The third kappa shape index (κ3) is 1.88. The molecule has 0 aliphatic heterocycles. The number of thioether (sulfide) groups is 1. The van der Waals surface area contributed by atoms with Gasteiger partial charge in [-0.3, -0.25) is 9.98 Å². The SMILES string of the molecule is Cn1c(SCC(=N)N)n[nH]c1=O. The second kappa shape index (κ2) is 3.44. The molecule has 0 aliphatic carbocycles. The summed E-state index contributed by atoms with van der Waals surface area (Å²) in [6.07, 6.45) is 0. The van der Waals surface area contributed by atoms with Gasteiger partial charge in [0.1, 0.15) is 5.84 Å². The van der Waals surface area contributed by atoms with Crippen LogP contribution in [0.15, 0.2) is 9.95 Å². The van der Waals surface area contributed by atoms with Crippen molar-refractivity contribution in [3.05, 3.63) is 10.5 Å². The highest BCUT2D eigenvalue weighted by Crippen LogP contribution is 2.10. The first kappa shape index (κ1) is 8.85. The highest BCUT2D eigenvalue weighted by Gasteiger charge is 2.04. The zero-order valence-electron chi connectivity index (χ0n) is 6.50. The predicted molar refractivity (Wildman–Crippen MR) is 46.5 cm³/mol. The molecule has 7 heteroatoms. The van der Waals surface area contributed by atoms with Gasteiger partial charge >= 0.3 is 5.69 Å². The minimum absolute atomic E-state index is 0.0652. The molecular formula is C5H9N5OS. The molecule has 66 valence electrons. The number of amidine groups is 1. The number of aromatic nitrogens is 3. The van der Waals surface area contributed by atoms with Crippen LogP contribution in [0.4, 0.5) is 0 Å². The summed E-state index contributed by atoms with van der Waals surface area (Å²) in [6, 6.07) is 0. The third-order valence-corrected chi connectivity index (χ3v) is 2.27. The first-order chi connectivity index (χ1) is 5.61. The molecule has 12 heavy (non-hydrogen) atoms. The molecule has 1 heterocycles. The summed E-state index contributed by atoms with van der Waals surface area (Å²) in [6.45, 7) is 0. The van der Waals surface area contributed by atoms with Gasteiger partial charge in [0, 0.05) is 7.05 Å². The van der Waals surface area contributed by atoms with Crippen molar-refractivity contribution >= 4 is 17.6 Å². The Morgan fingerprint density at radius 3 is 3.00 bits per heavy atom. The van der Waals surface area contributed by atoms with Crippen molar-refractivity contribution in [2.24, 2.45) is 12.8 Å². The van der Waals surface area contributed by atoms with Crippen LogP contribution in [0.25, 0.3) is 0 Å². The lowest BCUT2D eigenvalue weighted by molar-refractivity contribution is 0.767. The maximum absolute atomic E-state index is 10.8. The zero-order chi connectivity index (χ0) is 9.14. The number of aromatic amines is 1. The lowest BCUT2D eigenvalue weighted by Crippen LogP contribution is -2.15. The molecule has 0 saturated carbocycles. The minimum atomic E-state index is -0.263. The van der Waals surface area contributed by atoms with Crippen molar-refractivity contribution in [2.75, 3.05) is 5.75 Å². The lowest BCUT2D eigenvalue weighted by Gasteiger charge is -1.96. The Morgan fingerprint density at radius 1 is 1.92 bits per heavy atom. The Bertz CT molecular complexity index is 340. The van der Waals surface area contributed by atoms with Gasteiger partial charge in [0.15, 0.2) is 5.16 Å². The van der Waals surface area contributed by atoms with Crippen LogP contribution >= 0.6 is 11.8 Å². The molecule has 1 aromatic heterocycles. The van der Waals surface area contributed by atoms with Crippen LogP contribution in [0.1, 0.15) is 0 Å². The Balaban J connectivity index is 2.70. The zero-order valence-corrected chi connectivity index (χ0v) is 7.31. The highest BCUT2D eigenvalue weighted by atomic mass is 32.2. The fraction of sp³-hybridized carbons (Fsp3) is 0.400. The summed E-state index contributed by atoms with van der Waals surface area (Å²) in [7, 11) is 1.61. The fourth-order valence-electron chi connectivity index (χ4n) is 0.604. The average Bonchev–Trinajstić information content (AvgIpc) is 2.30. The van der Waals surface area contributed by atoms with Crippen molar-refractivity contribution in [1.29, 1.82) is 5.41 Å².